The highest BCUT2D eigenvalue weighted by atomic mass is 32.2. The molecule has 1 N–H and O–H groups in total. The summed E-state index contributed by atoms with van der Waals surface area (Å²) in [7, 11) is 0. The monoisotopic (exact) mass is 332 g/mol. The summed E-state index contributed by atoms with van der Waals surface area (Å²) in [5.74, 6) is 2.42. The number of thioether (sulfide) groups is 1. The van der Waals surface area contributed by atoms with Crippen molar-refractivity contribution < 1.29 is 0 Å². The van der Waals surface area contributed by atoms with Crippen molar-refractivity contribution in [3.8, 4) is 0 Å². The molecule has 2 aromatic heterocycles. The lowest BCUT2D eigenvalue weighted by Gasteiger charge is -2.22. The summed E-state index contributed by atoms with van der Waals surface area (Å²) in [6, 6.07) is 2.07. The fourth-order valence-corrected chi connectivity index (χ4v) is 3.74. The van der Waals surface area contributed by atoms with Crippen LogP contribution in [0.2, 0.25) is 0 Å². The van der Waals surface area contributed by atoms with Gasteiger partial charge in [-0.15, -0.1) is 16.8 Å². The molecular formula is C16H24N6S. The van der Waals surface area contributed by atoms with Gasteiger partial charge in [0, 0.05) is 31.0 Å². The quantitative estimate of drug-likeness (QED) is 0.623. The SMILES string of the molecule is C=CCn1c(SCc2ccn(CC)n2)nnc1C1CCNCC1. The highest BCUT2D eigenvalue weighted by Gasteiger charge is 2.22. The number of piperidine rings is 1. The molecule has 23 heavy (non-hydrogen) atoms. The van der Waals surface area contributed by atoms with Gasteiger partial charge in [0.2, 0.25) is 0 Å². The largest absolute Gasteiger partial charge is 0.317 e. The van der Waals surface area contributed by atoms with Gasteiger partial charge in [0.1, 0.15) is 5.82 Å². The van der Waals surface area contributed by atoms with E-state index in [1.54, 1.807) is 11.8 Å². The van der Waals surface area contributed by atoms with Crippen molar-refractivity contribution in [3.63, 3.8) is 0 Å². The first-order valence-electron chi connectivity index (χ1n) is 8.21. The molecule has 2 aromatic rings. The molecule has 0 amide bonds. The second-order valence-corrected chi connectivity index (χ2v) is 6.66. The lowest BCUT2D eigenvalue weighted by molar-refractivity contribution is 0.431. The average molecular weight is 332 g/mol. The Morgan fingerprint density at radius 1 is 1.39 bits per heavy atom. The number of aromatic nitrogens is 5. The molecule has 1 aliphatic heterocycles. The van der Waals surface area contributed by atoms with Crippen LogP contribution in [0, 0.1) is 0 Å². The summed E-state index contributed by atoms with van der Waals surface area (Å²) >= 11 is 1.70. The van der Waals surface area contributed by atoms with Gasteiger partial charge in [-0.3, -0.25) is 4.68 Å². The summed E-state index contributed by atoms with van der Waals surface area (Å²) in [4.78, 5) is 0. The number of nitrogens with zero attached hydrogens (tertiary/aromatic N) is 5. The molecule has 3 heterocycles. The van der Waals surface area contributed by atoms with E-state index in [-0.39, 0.29) is 0 Å². The smallest absolute Gasteiger partial charge is 0.191 e. The molecule has 0 saturated carbocycles. The topological polar surface area (TPSA) is 60.6 Å². The normalized spacial score (nSPS) is 15.9. The third kappa shape index (κ3) is 3.84. The van der Waals surface area contributed by atoms with Gasteiger partial charge >= 0.3 is 0 Å². The van der Waals surface area contributed by atoms with Crippen LogP contribution in [-0.2, 0) is 18.8 Å². The van der Waals surface area contributed by atoms with Crippen LogP contribution in [0.4, 0.5) is 0 Å². The van der Waals surface area contributed by atoms with Crippen LogP contribution < -0.4 is 5.32 Å². The van der Waals surface area contributed by atoms with E-state index < -0.39 is 0 Å². The second-order valence-electron chi connectivity index (χ2n) is 5.72. The Labute approximate surface area is 141 Å². The Kier molecular flexibility index (Phi) is 5.51. The minimum absolute atomic E-state index is 0.498. The van der Waals surface area contributed by atoms with Gasteiger partial charge in [-0.05, 0) is 38.9 Å². The van der Waals surface area contributed by atoms with Gasteiger partial charge in [-0.2, -0.15) is 5.10 Å². The number of rotatable bonds is 7. The van der Waals surface area contributed by atoms with Crippen molar-refractivity contribution in [1.82, 2.24) is 29.9 Å². The predicted octanol–water partition coefficient (Wildman–Crippen LogP) is 2.44. The van der Waals surface area contributed by atoms with Gasteiger partial charge in [-0.1, -0.05) is 17.8 Å². The van der Waals surface area contributed by atoms with Gasteiger partial charge in [-0.25, -0.2) is 0 Å². The summed E-state index contributed by atoms with van der Waals surface area (Å²) in [6.07, 6.45) is 6.19. The molecular weight excluding hydrogens is 308 g/mol. The molecule has 1 fully saturated rings. The van der Waals surface area contributed by atoms with Gasteiger partial charge in [0.25, 0.3) is 0 Å². The van der Waals surface area contributed by atoms with Crippen LogP contribution in [0.15, 0.2) is 30.1 Å². The van der Waals surface area contributed by atoms with E-state index in [1.807, 2.05) is 17.0 Å². The van der Waals surface area contributed by atoms with Crippen LogP contribution in [-0.4, -0.2) is 37.6 Å². The van der Waals surface area contributed by atoms with Crippen LogP contribution in [0.3, 0.4) is 0 Å². The second kappa shape index (κ2) is 7.79. The van der Waals surface area contributed by atoms with E-state index in [4.69, 9.17) is 0 Å². The predicted molar refractivity (Wildman–Crippen MR) is 92.5 cm³/mol. The third-order valence-corrected chi connectivity index (χ3v) is 5.13. The Hall–Kier alpha value is -1.60. The Morgan fingerprint density at radius 2 is 2.22 bits per heavy atom. The molecule has 0 bridgehead atoms. The van der Waals surface area contributed by atoms with E-state index >= 15 is 0 Å². The number of allylic oxidation sites excluding steroid dienone is 1. The first-order chi connectivity index (χ1) is 11.3. The minimum Gasteiger partial charge on any atom is -0.317 e. The summed E-state index contributed by atoms with van der Waals surface area (Å²) < 4.78 is 4.16. The summed E-state index contributed by atoms with van der Waals surface area (Å²) in [5, 5.41) is 17.8. The lowest BCUT2D eigenvalue weighted by Crippen LogP contribution is -2.28. The van der Waals surface area contributed by atoms with E-state index in [1.165, 1.54) is 0 Å². The molecule has 0 spiro atoms. The van der Waals surface area contributed by atoms with Gasteiger partial charge in [0.15, 0.2) is 5.16 Å². The van der Waals surface area contributed by atoms with E-state index in [2.05, 4.69) is 44.7 Å². The number of nitrogens with one attached hydrogen (secondary N) is 1. The zero-order chi connectivity index (χ0) is 16.1. The summed E-state index contributed by atoms with van der Waals surface area (Å²) in [5.41, 5.74) is 1.08. The van der Waals surface area contributed by atoms with E-state index in [9.17, 15) is 0 Å². The molecule has 0 unspecified atom stereocenters. The maximum absolute atomic E-state index is 4.53. The molecule has 0 aromatic carbocycles. The van der Waals surface area contributed by atoms with Crippen LogP contribution >= 0.6 is 11.8 Å². The maximum Gasteiger partial charge on any atom is 0.191 e. The summed E-state index contributed by atoms with van der Waals surface area (Å²) in [6.45, 7) is 9.75. The molecule has 0 atom stereocenters. The molecule has 6 nitrogen and oxygen atoms in total. The Morgan fingerprint density at radius 3 is 2.91 bits per heavy atom. The molecule has 1 aliphatic rings. The fraction of sp³-hybridized carbons (Fsp3) is 0.562. The molecule has 124 valence electrons. The van der Waals surface area contributed by atoms with E-state index in [0.717, 1.165) is 61.4 Å². The van der Waals surface area contributed by atoms with Crippen LogP contribution in [0.5, 0.6) is 0 Å². The number of aryl methyl sites for hydroxylation is 1. The van der Waals surface area contributed by atoms with Crippen molar-refractivity contribution in [1.29, 1.82) is 0 Å². The maximum atomic E-state index is 4.53. The first-order valence-corrected chi connectivity index (χ1v) is 9.20. The zero-order valence-corrected chi connectivity index (χ0v) is 14.4. The van der Waals surface area contributed by atoms with E-state index in [0.29, 0.717) is 5.92 Å². The van der Waals surface area contributed by atoms with Crippen LogP contribution in [0.1, 0.15) is 37.2 Å². The third-order valence-electron chi connectivity index (χ3n) is 4.13. The first kappa shape index (κ1) is 16.3. The molecule has 7 heteroatoms. The molecule has 1 saturated heterocycles. The standard InChI is InChI=1S/C16H24N6S/c1-3-10-22-15(13-5-8-17-9-6-13)18-19-16(22)23-12-14-7-11-21(4-2)20-14/h3,7,11,13,17H,1,4-6,8-10,12H2,2H3. The Bertz CT molecular complexity index is 641. The molecule has 0 radical (unpaired) electrons. The van der Waals surface area contributed by atoms with Crippen molar-refractivity contribution in [2.75, 3.05) is 13.1 Å². The lowest BCUT2D eigenvalue weighted by atomic mass is 9.97. The highest BCUT2D eigenvalue weighted by molar-refractivity contribution is 7.98. The van der Waals surface area contributed by atoms with Crippen molar-refractivity contribution in [3.05, 3.63) is 36.4 Å². The number of hydrogen-bond acceptors (Lipinski definition) is 5. The van der Waals surface area contributed by atoms with Gasteiger partial charge < -0.3 is 9.88 Å². The van der Waals surface area contributed by atoms with Crippen molar-refractivity contribution in [2.45, 2.75) is 49.7 Å². The van der Waals surface area contributed by atoms with Crippen molar-refractivity contribution in [2.24, 2.45) is 0 Å². The Balaban J connectivity index is 1.72. The van der Waals surface area contributed by atoms with Gasteiger partial charge in [0.05, 0.1) is 5.69 Å². The molecule has 3 rings (SSSR count). The van der Waals surface area contributed by atoms with Crippen molar-refractivity contribution >= 4 is 11.8 Å². The zero-order valence-electron chi connectivity index (χ0n) is 13.6. The van der Waals surface area contributed by atoms with Crippen LogP contribution in [0.25, 0.3) is 0 Å². The minimum atomic E-state index is 0.498. The average Bonchev–Trinajstić information content (AvgIpc) is 3.21. The number of hydrogen-bond donors (Lipinski definition) is 1. The molecule has 0 aliphatic carbocycles. The highest BCUT2D eigenvalue weighted by Crippen LogP contribution is 2.28. The fourth-order valence-electron chi connectivity index (χ4n) is 2.88.